The topological polar surface area (TPSA) is 65.7 Å². The van der Waals surface area contributed by atoms with Gasteiger partial charge in [0, 0.05) is 26.3 Å². The molecule has 1 aliphatic heterocycles. The van der Waals surface area contributed by atoms with Crippen molar-refractivity contribution in [3.63, 3.8) is 0 Å². The van der Waals surface area contributed by atoms with E-state index in [9.17, 15) is 15.0 Å². The normalized spacial score (nSPS) is 26.2. The molecule has 2 atom stereocenters. The van der Waals surface area contributed by atoms with Crippen molar-refractivity contribution in [1.29, 1.82) is 0 Å². The summed E-state index contributed by atoms with van der Waals surface area (Å²) in [5.41, 5.74) is 0.649. The molecule has 0 aromatic carbocycles. The summed E-state index contributed by atoms with van der Waals surface area (Å²) < 4.78 is 1.77. The van der Waals surface area contributed by atoms with Crippen molar-refractivity contribution >= 4 is 5.78 Å². The average molecular weight is 224 g/mol. The zero-order valence-corrected chi connectivity index (χ0v) is 9.21. The molecule has 16 heavy (non-hydrogen) atoms. The van der Waals surface area contributed by atoms with Crippen LogP contribution in [0.5, 0.6) is 0 Å². The molecular weight excluding hydrogens is 208 g/mol. The molecule has 0 saturated carbocycles. The summed E-state index contributed by atoms with van der Waals surface area (Å²) in [6.45, 7) is 0.959. The number of rotatable bonds is 3. The minimum absolute atomic E-state index is 0.00815. The van der Waals surface area contributed by atoms with Crippen LogP contribution in [0.2, 0.25) is 0 Å². The number of likely N-dealkylation sites (tertiary alicyclic amines) is 1. The molecule has 5 heteroatoms. The highest BCUT2D eigenvalue weighted by atomic mass is 16.3. The summed E-state index contributed by atoms with van der Waals surface area (Å²) >= 11 is 0. The first kappa shape index (κ1) is 11.3. The Hall–Kier alpha value is -1.17. The van der Waals surface area contributed by atoms with Gasteiger partial charge in [-0.2, -0.15) is 0 Å². The first-order valence-corrected chi connectivity index (χ1v) is 5.31. The van der Waals surface area contributed by atoms with E-state index < -0.39 is 12.2 Å². The third-order valence-electron chi connectivity index (χ3n) is 2.93. The Balaban J connectivity index is 1.96. The summed E-state index contributed by atoms with van der Waals surface area (Å²) in [5, 5.41) is 18.7. The lowest BCUT2D eigenvalue weighted by atomic mass is 10.2. The lowest BCUT2D eigenvalue weighted by molar-refractivity contribution is 0.0572. The third-order valence-corrected chi connectivity index (χ3v) is 2.93. The van der Waals surface area contributed by atoms with E-state index >= 15 is 0 Å². The molecule has 2 unspecified atom stereocenters. The Morgan fingerprint density at radius 1 is 1.44 bits per heavy atom. The minimum atomic E-state index is -0.735. The van der Waals surface area contributed by atoms with Crippen molar-refractivity contribution in [1.82, 2.24) is 9.47 Å². The first-order chi connectivity index (χ1) is 7.58. The fourth-order valence-corrected chi connectivity index (χ4v) is 2.01. The van der Waals surface area contributed by atoms with E-state index in [-0.39, 0.29) is 12.3 Å². The molecule has 5 nitrogen and oxygen atoms in total. The third kappa shape index (κ3) is 2.16. The molecule has 1 aromatic rings. The smallest absolute Gasteiger partial charge is 0.193 e. The van der Waals surface area contributed by atoms with Gasteiger partial charge in [0.1, 0.15) is 0 Å². The van der Waals surface area contributed by atoms with Crippen LogP contribution >= 0.6 is 0 Å². The highest BCUT2D eigenvalue weighted by molar-refractivity contribution is 5.96. The first-order valence-electron chi connectivity index (χ1n) is 5.31. The van der Waals surface area contributed by atoms with Crippen molar-refractivity contribution in [3.8, 4) is 0 Å². The van der Waals surface area contributed by atoms with Gasteiger partial charge in [-0.25, -0.2) is 0 Å². The van der Waals surface area contributed by atoms with Crippen LogP contribution in [-0.2, 0) is 7.05 Å². The van der Waals surface area contributed by atoms with E-state index in [1.54, 1.807) is 15.5 Å². The maximum Gasteiger partial charge on any atom is 0.193 e. The van der Waals surface area contributed by atoms with Crippen LogP contribution in [0.1, 0.15) is 10.5 Å². The second-order valence-electron chi connectivity index (χ2n) is 4.26. The van der Waals surface area contributed by atoms with Gasteiger partial charge in [-0.05, 0) is 12.1 Å². The Morgan fingerprint density at radius 2 is 2.06 bits per heavy atom. The van der Waals surface area contributed by atoms with Gasteiger partial charge in [0.25, 0.3) is 0 Å². The summed E-state index contributed by atoms with van der Waals surface area (Å²) in [7, 11) is 1.82. The molecule has 0 amide bonds. The summed E-state index contributed by atoms with van der Waals surface area (Å²) in [4.78, 5) is 13.6. The molecule has 0 spiro atoms. The number of aliphatic hydroxyl groups is 2. The van der Waals surface area contributed by atoms with Crippen LogP contribution in [-0.4, -0.2) is 57.3 Å². The number of nitrogens with zero attached hydrogens (tertiary/aromatic N) is 2. The monoisotopic (exact) mass is 224 g/mol. The summed E-state index contributed by atoms with van der Waals surface area (Å²) in [6, 6.07) is 3.59. The van der Waals surface area contributed by atoms with Crippen LogP contribution in [0.25, 0.3) is 0 Å². The second-order valence-corrected chi connectivity index (χ2v) is 4.26. The Labute approximate surface area is 93.9 Å². The van der Waals surface area contributed by atoms with E-state index in [0.717, 1.165) is 0 Å². The van der Waals surface area contributed by atoms with Crippen molar-refractivity contribution in [2.24, 2.45) is 7.05 Å². The molecular formula is C11H16N2O3. The number of Topliss-reactive ketones (excluding diaryl/α,β-unsaturated/α-hetero) is 1. The number of carbonyl (C=O) groups excluding carboxylic acids is 1. The van der Waals surface area contributed by atoms with Crippen molar-refractivity contribution in [3.05, 3.63) is 24.0 Å². The van der Waals surface area contributed by atoms with Gasteiger partial charge >= 0.3 is 0 Å². The molecule has 88 valence electrons. The molecule has 1 saturated heterocycles. The predicted octanol–water partition coefficient (Wildman–Crippen LogP) is -0.755. The van der Waals surface area contributed by atoms with Crippen LogP contribution in [0, 0.1) is 0 Å². The van der Waals surface area contributed by atoms with Gasteiger partial charge in [-0.15, -0.1) is 0 Å². The van der Waals surface area contributed by atoms with Gasteiger partial charge in [0.05, 0.1) is 24.4 Å². The number of ketones is 1. The zero-order chi connectivity index (χ0) is 11.7. The quantitative estimate of drug-likeness (QED) is 0.663. The van der Waals surface area contributed by atoms with Crippen molar-refractivity contribution in [2.75, 3.05) is 19.6 Å². The van der Waals surface area contributed by atoms with Gasteiger partial charge in [0.15, 0.2) is 5.78 Å². The van der Waals surface area contributed by atoms with E-state index in [1.165, 1.54) is 0 Å². The maximum absolute atomic E-state index is 11.9. The average Bonchev–Trinajstić information content (AvgIpc) is 2.74. The second kappa shape index (κ2) is 4.37. The number of carbonyl (C=O) groups is 1. The minimum Gasteiger partial charge on any atom is -0.389 e. The highest BCUT2D eigenvalue weighted by Gasteiger charge is 2.30. The molecule has 2 N–H and O–H groups in total. The number of hydrogen-bond donors (Lipinski definition) is 2. The number of aryl methyl sites for hydroxylation is 1. The number of aliphatic hydroxyl groups excluding tert-OH is 2. The largest absolute Gasteiger partial charge is 0.389 e. The van der Waals surface area contributed by atoms with E-state index in [0.29, 0.717) is 18.8 Å². The molecule has 0 radical (unpaired) electrons. The Bertz CT molecular complexity index is 378. The van der Waals surface area contributed by atoms with Gasteiger partial charge in [-0.1, -0.05) is 0 Å². The lowest BCUT2D eigenvalue weighted by Crippen LogP contribution is -2.29. The summed E-state index contributed by atoms with van der Waals surface area (Å²) in [5.74, 6) is 0.00815. The number of hydrogen-bond acceptors (Lipinski definition) is 4. The predicted molar refractivity (Wildman–Crippen MR) is 58.2 cm³/mol. The fraction of sp³-hybridized carbons (Fsp3) is 0.545. The number of β-amino-alcohol motifs (C(OH)–C–C–N with tert-alkyl or cyclic N) is 2. The lowest BCUT2D eigenvalue weighted by Gasteiger charge is -2.13. The molecule has 1 aromatic heterocycles. The van der Waals surface area contributed by atoms with Crippen LogP contribution < -0.4 is 0 Å². The van der Waals surface area contributed by atoms with E-state index in [4.69, 9.17) is 0 Å². The van der Waals surface area contributed by atoms with Crippen LogP contribution in [0.15, 0.2) is 18.3 Å². The summed E-state index contributed by atoms with van der Waals surface area (Å²) in [6.07, 6.45) is 0.350. The molecule has 1 fully saturated rings. The Morgan fingerprint density at radius 3 is 2.56 bits per heavy atom. The zero-order valence-electron chi connectivity index (χ0n) is 9.21. The maximum atomic E-state index is 11.9. The Kier molecular flexibility index (Phi) is 3.09. The van der Waals surface area contributed by atoms with Gasteiger partial charge in [-0.3, -0.25) is 9.69 Å². The standard InChI is InChI=1S/C11H16N2O3/c1-12-4-2-3-8(12)9(14)5-13-6-10(15)11(16)7-13/h2-4,10-11,15-16H,5-7H2,1H3. The number of aromatic nitrogens is 1. The van der Waals surface area contributed by atoms with Crippen LogP contribution in [0.4, 0.5) is 0 Å². The molecule has 0 aliphatic carbocycles. The van der Waals surface area contributed by atoms with Crippen LogP contribution in [0.3, 0.4) is 0 Å². The highest BCUT2D eigenvalue weighted by Crippen LogP contribution is 2.11. The van der Waals surface area contributed by atoms with Gasteiger partial charge < -0.3 is 14.8 Å². The molecule has 2 rings (SSSR count). The van der Waals surface area contributed by atoms with E-state index in [2.05, 4.69) is 0 Å². The molecule has 1 aliphatic rings. The van der Waals surface area contributed by atoms with Crippen molar-refractivity contribution < 1.29 is 15.0 Å². The van der Waals surface area contributed by atoms with E-state index in [1.807, 2.05) is 19.3 Å². The van der Waals surface area contributed by atoms with Crippen molar-refractivity contribution in [2.45, 2.75) is 12.2 Å². The SMILES string of the molecule is Cn1cccc1C(=O)CN1CC(O)C(O)C1. The fourth-order valence-electron chi connectivity index (χ4n) is 2.01. The molecule has 2 heterocycles. The molecule has 0 bridgehead atoms. The van der Waals surface area contributed by atoms with Gasteiger partial charge in [0.2, 0.25) is 0 Å².